The summed E-state index contributed by atoms with van der Waals surface area (Å²) in [6.45, 7) is 2.06. The number of piperidine rings is 1. The molecule has 2 aromatic rings. The Kier molecular flexibility index (Phi) is 6.63. The molecule has 0 spiro atoms. The molecular weight excluding hydrogens is 370 g/mol. The van der Waals surface area contributed by atoms with Crippen molar-refractivity contribution in [1.29, 1.82) is 0 Å². The third-order valence-electron chi connectivity index (χ3n) is 4.37. The number of hydrogen-bond donors (Lipinski definition) is 1. The average Bonchev–Trinajstić information content (AvgIpc) is 3.11. The Morgan fingerprint density at radius 1 is 1.19 bits per heavy atom. The van der Waals surface area contributed by atoms with Gasteiger partial charge in [0.15, 0.2) is 0 Å². The zero-order valence-electron chi connectivity index (χ0n) is 14.5. The summed E-state index contributed by atoms with van der Waals surface area (Å²) in [5, 5.41) is 6.14. The average molecular weight is 392 g/mol. The summed E-state index contributed by atoms with van der Waals surface area (Å²) >= 11 is 7.66. The lowest BCUT2D eigenvalue weighted by atomic mass is 10.1. The van der Waals surface area contributed by atoms with Gasteiger partial charge in [0.1, 0.15) is 5.01 Å². The Morgan fingerprint density at radius 3 is 2.73 bits per heavy atom. The topological polar surface area (TPSA) is 62.3 Å². The van der Waals surface area contributed by atoms with E-state index < -0.39 is 0 Å². The number of hydrogen-bond acceptors (Lipinski definition) is 4. The van der Waals surface area contributed by atoms with E-state index in [2.05, 4.69) is 10.3 Å². The molecule has 1 aliphatic rings. The van der Waals surface area contributed by atoms with Crippen LogP contribution >= 0.6 is 22.9 Å². The lowest BCUT2D eigenvalue weighted by Gasteiger charge is -2.26. The summed E-state index contributed by atoms with van der Waals surface area (Å²) in [6, 6.07) is 7.52. The first kappa shape index (κ1) is 18.9. The largest absolute Gasteiger partial charge is 0.355 e. The Labute approximate surface area is 162 Å². The van der Waals surface area contributed by atoms with E-state index in [1.54, 1.807) is 0 Å². The smallest absolute Gasteiger partial charge is 0.226 e. The second kappa shape index (κ2) is 9.14. The molecular formula is C19H22ClN3O2S. The van der Waals surface area contributed by atoms with Crippen LogP contribution in [0.4, 0.5) is 0 Å². The molecule has 0 unspecified atom stereocenters. The number of nitrogens with one attached hydrogen (secondary N) is 1. The van der Waals surface area contributed by atoms with Gasteiger partial charge in [0.05, 0.1) is 17.1 Å². The van der Waals surface area contributed by atoms with Crippen LogP contribution in [0.5, 0.6) is 0 Å². The van der Waals surface area contributed by atoms with Crippen LogP contribution < -0.4 is 5.32 Å². The van der Waals surface area contributed by atoms with E-state index in [1.165, 1.54) is 17.8 Å². The van der Waals surface area contributed by atoms with E-state index in [4.69, 9.17) is 11.6 Å². The molecule has 0 radical (unpaired) electrons. The molecule has 1 saturated heterocycles. The number of benzene rings is 1. The van der Waals surface area contributed by atoms with E-state index in [0.717, 1.165) is 36.5 Å². The van der Waals surface area contributed by atoms with E-state index in [0.29, 0.717) is 23.7 Å². The van der Waals surface area contributed by atoms with Crippen molar-refractivity contribution in [2.24, 2.45) is 0 Å². The van der Waals surface area contributed by atoms with Crippen LogP contribution in [0, 0.1) is 0 Å². The van der Waals surface area contributed by atoms with Crippen molar-refractivity contribution in [1.82, 2.24) is 15.2 Å². The van der Waals surface area contributed by atoms with Gasteiger partial charge in [-0.2, -0.15) is 0 Å². The van der Waals surface area contributed by atoms with Gasteiger partial charge in [-0.3, -0.25) is 9.59 Å². The van der Waals surface area contributed by atoms with Gasteiger partial charge in [-0.05, 0) is 25.3 Å². The summed E-state index contributed by atoms with van der Waals surface area (Å²) in [4.78, 5) is 30.6. The third kappa shape index (κ3) is 5.05. The molecule has 0 bridgehead atoms. The van der Waals surface area contributed by atoms with Gasteiger partial charge in [0.2, 0.25) is 11.8 Å². The summed E-state index contributed by atoms with van der Waals surface area (Å²) in [6.07, 6.45) is 3.92. The van der Waals surface area contributed by atoms with Crippen molar-refractivity contribution in [3.63, 3.8) is 0 Å². The number of carbonyl (C=O) groups excluding carboxylic acids is 2. The first-order chi connectivity index (χ1) is 12.6. The zero-order chi connectivity index (χ0) is 18.4. The second-order valence-electron chi connectivity index (χ2n) is 6.34. The molecule has 1 aliphatic heterocycles. The van der Waals surface area contributed by atoms with Crippen LogP contribution in [-0.4, -0.2) is 41.3 Å². The molecule has 0 saturated carbocycles. The van der Waals surface area contributed by atoms with Gasteiger partial charge < -0.3 is 10.2 Å². The molecule has 1 aromatic carbocycles. The Morgan fingerprint density at radius 2 is 1.96 bits per heavy atom. The molecule has 7 heteroatoms. The molecule has 138 valence electrons. The number of halogens is 1. The summed E-state index contributed by atoms with van der Waals surface area (Å²) < 4.78 is 0. The highest BCUT2D eigenvalue weighted by molar-refractivity contribution is 7.13. The molecule has 5 nitrogen and oxygen atoms in total. The van der Waals surface area contributed by atoms with Gasteiger partial charge >= 0.3 is 0 Å². The van der Waals surface area contributed by atoms with Gasteiger partial charge in [0.25, 0.3) is 0 Å². The maximum Gasteiger partial charge on any atom is 0.226 e. The van der Waals surface area contributed by atoms with Gasteiger partial charge in [0, 0.05) is 37.0 Å². The summed E-state index contributed by atoms with van der Waals surface area (Å²) in [7, 11) is 0. The van der Waals surface area contributed by atoms with E-state index >= 15 is 0 Å². The minimum Gasteiger partial charge on any atom is -0.355 e. The molecule has 1 aromatic heterocycles. The lowest BCUT2D eigenvalue weighted by Crippen LogP contribution is -2.38. The van der Waals surface area contributed by atoms with Crippen molar-refractivity contribution < 1.29 is 9.59 Å². The number of likely N-dealkylation sites (tertiary alicyclic amines) is 1. The highest BCUT2D eigenvalue weighted by Gasteiger charge is 2.16. The van der Waals surface area contributed by atoms with Crippen LogP contribution in [0.15, 0.2) is 29.6 Å². The fourth-order valence-electron chi connectivity index (χ4n) is 2.98. The molecule has 0 atom stereocenters. The highest BCUT2D eigenvalue weighted by Crippen LogP contribution is 2.30. The molecule has 1 N–H and O–H groups in total. The second-order valence-corrected chi connectivity index (χ2v) is 7.61. The molecule has 2 amide bonds. The first-order valence-corrected chi connectivity index (χ1v) is 10.1. The van der Waals surface area contributed by atoms with Crippen molar-refractivity contribution in [3.8, 4) is 10.6 Å². The SMILES string of the molecule is O=C(Cc1csc(-c2ccccc2Cl)n1)NCCC(=O)N1CCCCC1. The van der Waals surface area contributed by atoms with Gasteiger partial charge in [-0.25, -0.2) is 4.98 Å². The number of aromatic nitrogens is 1. The zero-order valence-corrected chi connectivity index (χ0v) is 16.1. The number of thiazole rings is 1. The Hall–Kier alpha value is -1.92. The minimum atomic E-state index is -0.118. The number of nitrogens with zero attached hydrogens (tertiary/aromatic N) is 2. The van der Waals surface area contributed by atoms with Crippen LogP contribution in [0.1, 0.15) is 31.4 Å². The maximum atomic E-state index is 12.1. The number of carbonyl (C=O) groups is 2. The predicted octanol–water partition coefficient (Wildman–Crippen LogP) is 3.52. The van der Waals surface area contributed by atoms with Crippen LogP contribution in [0.3, 0.4) is 0 Å². The molecule has 2 heterocycles. The fraction of sp³-hybridized carbons (Fsp3) is 0.421. The van der Waals surface area contributed by atoms with Crippen LogP contribution in [0.2, 0.25) is 5.02 Å². The minimum absolute atomic E-state index is 0.118. The Balaban J connectivity index is 1.45. The predicted molar refractivity (Wildman–Crippen MR) is 104 cm³/mol. The van der Waals surface area contributed by atoms with Crippen molar-refractivity contribution >= 4 is 34.8 Å². The normalized spacial score (nSPS) is 14.3. The van der Waals surface area contributed by atoms with E-state index in [-0.39, 0.29) is 18.2 Å². The van der Waals surface area contributed by atoms with E-state index in [9.17, 15) is 9.59 Å². The third-order valence-corrected chi connectivity index (χ3v) is 5.62. The molecule has 1 fully saturated rings. The standard InChI is InChI=1S/C19H22ClN3O2S/c20-16-7-3-2-6-15(16)19-22-14(13-26-19)12-17(24)21-9-8-18(25)23-10-4-1-5-11-23/h2-3,6-7,13H,1,4-5,8-12H2,(H,21,24). The number of rotatable bonds is 6. The van der Waals surface area contributed by atoms with Crippen molar-refractivity contribution in [2.75, 3.05) is 19.6 Å². The molecule has 3 rings (SSSR count). The lowest BCUT2D eigenvalue weighted by molar-refractivity contribution is -0.132. The quantitative estimate of drug-likeness (QED) is 0.819. The molecule has 0 aliphatic carbocycles. The number of amides is 2. The highest BCUT2D eigenvalue weighted by atomic mass is 35.5. The Bertz CT molecular complexity index is 772. The van der Waals surface area contributed by atoms with Crippen molar-refractivity contribution in [3.05, 3.63) is 40.4 Å². The van der Waals surface area contributed by atoms with Gasteiger partial charge in [-0.15, -0.1) is 11.3 Å². The fourth-order valence-corrected chi connectivity index (χ4v) is 4.12. The van der Waals surface area contributed by atoms with Gasteiger partial charge in [-0.1, -0.05) is 29.8 Å². The first-order valence-electron chi connectivity index (χ1n) is 8.87. The molecule has 26 heavy (non-hydrogen) atoms. The van der Waals surface area contributed by atoms with E-state index in [1.807, 2.05) is 34.5 Å². The summed E-state index contributed by atoms with van der Waals surface area (Å²) in [5.74, 6) is 0.00659. The monoisotopic (exact) mass is 391 g/mol. The van der Waals surface area contributed by atoms with Crippen LogP contribution in [0.25, 0.3) is 10.6 Å². The summed E-state index contributed by atoms with van der Waals surface area (Å²) in [5.41, 5.74) is 1.59. The van der Waals surface area contributed by atoms with Crippen molar-refractivity contribution in [2.45, 2.75) is 32.1 Å². The maximum absolute atomic E-state index is 12.1. The van der Waals surface area contributed by atoms with Crippen LogP contribution in [-0.2, 0) is 16.0 Å².